The summed E-state index contributed by atoms with van der Waals surface area (Å²) in [5.74, 6) is -0.409. The Morgan fingerprint density at radius 3 is 2.42 bits per heavy atom. The SMILES string of the molecule is Cc1ccc(S(=O)(=O)N2CC(C)(CI)c3cc(/C=C/C(=O)OC(C)(C)C)ccc32)cc1. The molecule has 3 rings (SSSR count). The average Bonchev–Trinajstić information content (AvgIpc) is 2.99. The summed E-state index contributed by atoms with van der Waals surface area (Å²) in [5, 5.41) is 0. The number of anilines is 1. The number of rotatable bonds is 5. The van der Waals surface area contributed by atoms with Gasteiger partial charge in [0.15, 0.2) is 0 Å². The van der Waals surface area contributed by atoms with Crippen molar-refractivity contribution in [3.63, 3.8) is 0 Å². The van der Waals surface area contributed by atoms with Gasteiger partial charge in [0.05, 0.1) is 10.6 Å². The number of carbonyl (C=O) groups is 1. The van der Waals surface area contributed by atoms with Crippen molar-refractivity contribution < 1.29 is 17.9 Å². The molecule has 0 saturated carbocycles. The van der Waals surface area contributed by atoms with Gasteiger partial charge in [0.1, 0.15) is 5.60 Å². The molecule has 0 saturated heterocycles. The van der Waals surface area contributed by atoms with Gasteiger partial charge in [-0.05, 0) is 69.2 Å². The van der Waals surface area contributed by atoms with Crippen LogP contribution in [0.25, 0.3) is 6.08 Å². The second-order valence-corrected chi connectivity index (χ2v) is 11.8. The van der Waals surface area contributed by atoms with Crippen LogP contribution in [0.4, 0.5) is 5.69 Å². The summed E-state index contributed by atoms with van der Waals surface area (Å²) in [5.41, 5.74) is 2.61. The number of hydrogen-bond donors (Lipinski definition) is 0. The Morgan fingerprint density at radius 1 is 1.19 bits per heavy atom. The standard InChI is InChI=1S/C24H28INO4S/c1-17-6-10-19(11-7-17)31(28,29)26-16-24(5,15-25)20-14-18(8-12-21(20)26)9-13-22(27)30-23(2,3)4/h6-14H,15-16H2,1-5H3/b13-9+. The molecule has 0 spiro atoms. The number of carbonyl (C=O) groups excluding carboxylic acids is 1. The zero-order valence-electron chi connectivity index (χ0n) is 18.5. The molecule has 0 bridgehead atoms. The smallest absolute Gasteiger partial charge is 0.331 e. The van der Waals surface area contributed by atoms with Gasteiger partial charge < -0.3 is 4.74 Å². The van der Waals surface area contributed by atoms with Crippen molar-refractivity contribution in [3.8, 4) is 0 Å². The Morgan fingerprint density at radius 2 is 1.84 bits per heavy atom. The van der Waals surface area contributed by atoms with E-state index in [1.165, 1.54) is 10.4 Å². The van der Waals surface area contributed by atoms with Crippen LogP contribution in [0.5, 0.6) is 0 Å². The number of sulfonamides is 1. The molecule has 0 aliphatic carbocycles. The molecular weight excluding hydrogens is 525 g/mol. The van der Waals surface area contributed by atoms with Crippen molar-refractivity contribution in [2.45, 2.75) is 50.5 Å². The zero-order valence-corrected chi connectivity index (χ0v) is 21.5. The van der Waals surface area contributed by atoms with E-state index in [2.05, 4.69) is 29.5 Å². The second-order valence-electron chi connectivity index (χ2n) is 9.16. The highest BCUT2D eigenvalue weighted by atomic mass is 127. The van der Waals surface area contributed by atoms with Crippen molar-refractivity contribution in [2.24, 2.45) is 0 Å². The Balaban J connectivity index is 1.97. The molecule has 0 fully saturated rings. The van der Waals surface area contributed by atoms with Gasteiger partial charge in [-0.1, -0.05) is 53.3 Å². The van der Waals surface area contributed by atoms with Crippen LogP contribution < -0.4 is 4.31 Å². The Bertz CT molecular complexity index is 1120. The third-order valence-corrected chi connectivity index (χ3v) is 8.61. The van der Waals surface area contributed by atoms with Crippen LogP contribution in [0.15, 0.2) is 53.4 Å². The van der Waals surface area contributed by atoms with Gasteiger partial charge >= 0.3 is 5.97 Å². The summed E-state index contributed by atoms with van der Waals surface area (Å²) in [7, 11) is -3.67. The molecule has 0 N–H and O–H groups in total. The zero-order chi connectivity index (χ0) is 23.0. The van der Waals surface area contributed by atoms with Gasteiger partial charge in [-0.2, -0.15) is 0 Å². The Kier molecular flexibility index (Phi) is 6.58. The lowest BCUT2D eigenvalue weighted by Crippen LogP contribution is -2.36. The molecular formula is C24H28INO4S. The van der Waals surface area contributed by atoms with E-state index < -0.39 is 21.6 Å². The van der Waals surface area contributed by atoms with E-state index in [0.29, 0.717) is 12.2 Å². The van der Waals surface area contributed by atoms with Crippen molar-refractivity contribution in [2.75, 3.05) is 15.3 Å². The minimum absolute atomic E-state index is 0.288. The minimum atomic E-state index is -3.67. The van der Waals surface area contributed by atoms with E-state index in [1.807, 2.05) is 58.0 Å². The fraction of sp³-hybridized carbons (Fsp3) is 0.375. The first kappa shape index (κ1) is 23.8. The third-order valence-electron chi connectivity index (χ3n) is 5.15. The number of halogens is 1. The van der Waals surface area contributed by atoms with Gasteiger partial charge in [-0.3, -0.25) is 4.31 Å². The van der Waals surface area contributed by atoms with Crippen molar-refractivity contribution >= 4 is 50.3 Å². The highest BCUT2D eigenvalue weighted by molar-refractivity contribution is 14.1. The van der Waals surface area contributed by atoms with Gasteiger partial charge in [0.25, 0.3) is 10.0 Å². The predicted octanol–water partition coefficient (Wildman–Crippen LogP) is 5.25. The summed E-state index contributed by atoms with van der Waals surface area (Å²) in [6, 6.07) is 12.6. The van der Waals surface area contributed by atoms with Crippen LogP contribution in [0.3, 0.4) is 0 Å². The first-order valence-corrected chi connectivity index (χ1v) is 13.0. The van der Waals surface area contributed by atoms with Crippen LogP contribution in [0.2, 0.25) is 0 Å². The summed E-state index contributed by atoms with van der Waals surface area (Å²) < 4.78 is 34.4. The molecule has 1 heterocycles. The number of fused-ring (bicyclic) bond motifs is 1. The van der Waals surface area contributed by atoms with E-state index in [4.69, 9.17) is 4.74 Å². The topological polar surface area (TPSA) is 63.7 Å². The average molecular weight is 553 g/mol. The quantitative estimate of drug-likeness (QED) is 0.220. The van der Waals surface area contributed by atoms with Crippen LogP contribution in [0, 0.1) is 6.92 Å². The molecule has 0 radical (unpaired) electrons. The number of aryl methyl sites for hydroxylation is 1. The first-order valence-electron chi connectivity index (χ1n) is 10.1. The molecule has 31 heavy (non-hydrogen) atoms. The number of ether oxygens (including phenoxy) is 1. The van der Waals surface area contributed by atoms with Crippen LogP contribution in [-0.2, 0) is 25.0 Å². The van der Waals surface area contributed by atoms with Gasteiger partial charge in [0, 0.05) is 22.5 Å². The van der Waals surface area contributed by atoms with Gasteiger partial charge in [-0.25, -0.2) is 13.2 Å². The van der Waals surface area contributed by atoms with Gasteiger partial charge in [-0.15, -0.1) is 0 Å². The monoisotopic (exact) mass is 553 g/mol. The number of esters is 1. The second kappa shape index (κ2) is 8.58. The van der Waals surface area contributed by atoms with Crippen LogP contribution >= 0.6 is 22.6 Å². The largest absolute Gasteiger partial charge is 0.457 e. The van der Waals surface area contributed by atoms with Crippen LogP contribution in [-0.4, -0.2) is 31.0 Å². The summed E-state index contributed by atoms with van der Waals surface area (Å²) in [4.78, 5) is 12.3. The number of nitrogens with zero attached hydrogens (tertiary/aromatic N) is 1. The maximum Gasteiger partial charge on any atom is 0.331 e. The first-order chi connectivity index (χ1) is 14.4. The molecule has 2 aromatic rings. The lowest BCUT2D eigenvalue weighted by atomic mass is 9.86. The summed E-state index contributed by atoms with van der Waals surface area (Å²) >= 11 is 2.31. The molecule has 0 amide bonds. The van der Waals surface area contributed by atoms with Crippen LogP contribution in [0.1, 0.15) is 44.4 Å². The van der Waals surface area contributed by atoms with E-state index in [1.54, 1.807) is 18.2 Å². The maximum atomic E-state index is 13.4. The lowest BCUT2D eigenvalue weighted by molar-refractivity contribution is -0.148. The molecule has 166 valence electrons. The number of hydrogen-bond acceptors (Lipinski definition) is 4. The highest BCUT2D eigenvalue weighted by Gasteiger charge is 2.43. The summed E-state index contributed by atoms with van der Waals surface area (Å²) in [6.07, 6.45) is 3.11. The maximum absolute atomic E-state index is 13.4. The molecule has 1 aliphatic heterocycles. The Hall–Kier alpha value is -1.87. The van der Waals surface area contributed by atoms with E-state index >= 15 is 0 Å². The van der Waals surface area contributed by atoms with E-state index in [0.717, 1.165) is 21.1 Å². The van der Waals surface area contributed by atoms with Crippen molar-refractivity contribution in [1.82, 2.24) is 0 Å². The fourth-order valence-corrected chi connectivity index (χ4v) is 5.77. The normalized spacial score (nSPS) is 19.0. The van der Waals surface area contributed by atoms with E-state index in [9.17, 15) is 13.2 Å². The number of alkyl halides is 1. The van der Waals surface area contributed by atoms with Gasteiger partial charge in [0.2, 0.25) is 0 Å². The molecule has 5 nitrogen and oxygen atoms in total. The fourth-order valence-electron chi connectivity index (χ4n) is 3.51. The van der Waals surface area contributed by atoms with Crippen molar-refractivity contribution in [3.05, 3.63) is 65.2 Å². The third kappa shape index (κ3) is 5.14. The Labute approximate surface area is 198 Å². The van der Waals surface area contributed by atoms with E-state index in [-0.39, 0.29) is 10.3 Å². The minimum Gasteiger partial charge on any atom is -0.457 e. The molecule has 2 aromatic carbocycles. The summed E-state index contributed by atoms with van der Waals surface area (Å²) in [6.45, 7) is 9.85. The predicted molar refractivity (Wildman–Crippen MR) is 133 cm³/mol. The number of benzene rings is 2. The molecule has 1 atom stereocenters. The van der Waals surface area contributed by atoms with Crippen molar-refractivity contribution in [1.29, 1.82) is 0 Å². The molecule has 0 aromatic heterocycles. The highest BCUT2D eigenvalue weighted by Crippen LogP contribution is 2.45. The lowest BCUT2D eigenvalue weighted by Gasteiger charge is -2.24. The molecule has 7 heteroatoms. The molecule has 1 unspecified atom stereocenters. The molecule has 1 aliphatic rings.